The zero-order chi connectivity index (χ0) is 15.4. The summed E-state index contributed by atoms with van der Waals surface area (Å²) in [5.74, 6) is 0.691. The third-order valence-corrected chi connectivity index (χ3v) is 7.04. The highest BCUT2D eigenvalue weighted by Gasteiger charge is 2.50. The second kappa shape index (κ2) is 7.09. The third kappa shape index (κ3) is 2.81. The Bertz CT molecular complexity index is 549. The van der Waals surface area contributed by atoms with Gasteiger partial charge in [0, 0.05) is 12.4 Å². The van der Waals surface area contributed by atoms with Crippen molar-refractivity contribution in [2.24, 2.45) is 0 Å². The largest absolute Gasteiger partial charge is 0.389 e. The van der Waals surface area contributed by atoms with Crippen LogP contribution in [0.1, 0.15) is 18.1 Å². The monoisotopic (exact) mass is 332 g/mol. The van der Waals surface area contributed by atoms with Crippen LogP contribution in [-0.4, -0.2) is 29.7 Å². The van der Waals surface area contributed by atoms with Gasteiger partial charge in [0.2, 0.25) is 0 Å². The number of ether oxygens (including phenoxy) is 1. The molecule has 1 N–H and O–H groups in total. The van der Waals surface area contributed by atoms with Crippen LogP contribution in [-0.2, 0) is 9.48 Å². The van der Waals surface area contributed by atoms with Crippen LogP contribution in [0.4, 0.5) is 0 Å². The van der Waals surface area contributed by atoms with Crippen LogP contribution in [0.2, 0.25) is 0 Å². The van der Waals surface area contributed by atoms with Crippen LogP contribution in [0.3, 0.4) is 0 Å². The molecule has 2 unspecified atom stereocenters. The molecule has 0 amide bonds. The predicted octanol–water partition coefficient (Wildman–Crippen LogP) is 4.09. The highest BCUT2D eigenvalue weighted by atomic mass is 33.1. The second-order valence-corrected chi connectivity index (χ2v) is 7.87. The molecule has 1 aliphatic heterocycles. The fourth-order valence-corrected chi connectivity index (χ4v) is 6.37. The SMILES string of the molecule is CCOC1C(O)CSSC1(c1ccccc1)c1ccccc1. The van der Waals surface area contributed by atoms with Gasteiger partial charge < -0.3 is 9.84 Å². The molecule has 2 aromatic rings. The van der Waals surface area contributed by atoms with Crippen molar-refractivity contribution in [1.29, 1.82) is 0 Å². The molecule has 1 fully saturated rings. The first kappa shape index (κ1) is 15.9. The fraction of sp³-hybridized carbons (Fsp3) is 0.333. The van der Waals surface area contributed by atoms with Gasteiger partial charge in [-0.05, 0) is 18.1 Å². The molecular weight excluding hydrogens is 312 g/mol. The van der Waals surface area contributed by atoms with Gasteiger partial charge in [-0.2, -0.15) is 0 Å². The lowest BCUT2D eigenvalue weighted by Crippen LogP contribution is -2.50. The van der Waals surface area contributed by atoms with Crippen LogP contribution in [0, 0.1) is 0 Å². The highest BCUT2D eigenvalue weighted by Crippen LogP contribution is 2.56. The van der Waals surface area contributed by atoms with E-state index in [2.05, 4.69) is 48.5 Å². The number of rotatable bonds is 4. The van der Waals surface area contributed by atoms with E-state index in [1.807, 2.05) is 19.1 Å². The van der Waals surface area contributed by atoms with Gasteiger partial charge in [0.15, 0.2) is 0 Å². The Labute approximate surface area is 139 Å². The molecule has 0 aliphatic carbocycles. The zero-order valence-electron chi connectivity index (χ0n) is 12.5. The fourth-order valence-electron chi connectivity index (χ4n) is 2.97. The number of aliphatic hydroxyl groups excluding tert-OH is 1. The van der Waals surface area contributed by atoms with Crippen molar-refractivity contribution in [2.45, 2.75) is 23.9 Å². The summed E-state index contributed by atoms with van der Waals surface area (Å²) >= 11 is 0. The van der Waals surface area contributed by atoms with E-state index in [9.17, 15) is 5.11 Å². The van der Waals surface area contributed by atoms with Gasteiger partial charge in [0.25, 0.3) is 0 Å². The summed E-state index contributed by atoms with van der Waals surface area (Å²) in [6, 6.07) is 20.8. The molecule has 1 heterocycles. The van der Waals surface area contributed by atoms with E-state index in [1.54, 1.807) is 21.6 Å². The van der Waals surface area contributed by atoms with E-state index in [0.717, 1.165) is 0 Å². The maximum absolute atomic E-state index is 10.6. The van der Waals surface area contributed by atoms with E-state index < -0.39 is 6.10 Å². The lowest BCUT2D eigenvalue weighted by molar-refractivity contribution is -0.0386. The molecule has 0 bridgehead atoms. The summed E-state index contributed by atoms with van der Waals surface area (Å²) < 4.78 is 5.65. The first-order valence-electron chi connectivity index (χ1n) is 7.50. The number of hydrogen-bond acceptors (Lipinski definition) is 4. The minimum atomic E-state index is -0.480. The van der Waals surface area contributed by atoms with Crippen LogP contribution >= 0.6 is 21.6 Å². The van der Waals surface area contributed by atoms with Gasteiger partial charge in [0.1, 0.15) is 10.9 Å². The molecule has 0 aromatic heterocycles. The molecule has 2 aromatic carbocycles. The summed E-state index contributed by atoms with van der Waals surface area (Å²) in [6.45, 7) is 2.58. The maximum Gasteiger partial charge on any atom is 0.108 e. The van der Waals surface area contributed by atoms with E-state index >= 15 is 0 Å². The third-order valence-electron chi connectivity index (χ3n) is 3.93. The van der Waals surface area contributed by atoms with Crippen molar-refractivity contribution in [1.82, 2.24) is 0 Å². The van der Waals surface area contributed by atoms with E-state index in [1.165, 1.54) is 11.1 Å². The topological polar surface area (TPSA) is 29.5 Å². The van der Waals surface area contributed by atoms with Crippen molar-refractivity contribution in [3.05, 3.63) is 71.8 Å². The predicted molar refractivity (Wildman–Crippen MR) is 95.1 cm³/mol. The Balaban J connectivity index is 2.17. The Morgan fingerprint density at radius 2 is 1.59 bits per heavy atom. The summed E-state index contributed by atoms with van der Waals surface area (Å²) in [6.07, 6.45) is -0.736. The molecule has 1 aliphatic rings. The summed E-state index contributed by atoms with van der Waals surface area (Å²) in [7, 11) is 3.52. The number of aliphatic hydroxyl groups is 1. The molecule has 2 nitrogen and oxygen atoms in total. The molecule has 1 saturated heterocycles. The lowest BCUT2D eigenvalue weighted by atomic mass is 9.83. The Morgan fingerprint density at radius 3 is 2.09 bits per heavy atom. The van der Waals surface area contributed by atoms with Crippen molar-refractivity contribution in [3.63, 3.8) is 0 Å². The standard InChI is InChI=1S/C18H20O2S2/c1-2-20-17-16(19)13-21-22-18(17,14-9-5-3-6-10-14)15-11-7-4-8-12-15/h3-12,16-17,19H,2,13H2,1H3. The maximum atomic E-state index is 10.6. The van der Waals surface area contributed by atoms with Gasteiger partial charge in [-0.1, -0.05) is 82.3 Å². The van der Waals surface area contributed by atoms with Crippen LogP contribution in [0.15, 0.2) is 60.7 Å². The average molecular weight is 332 g/mol. The van der Waals surface area contributed by atoms with Gasteiger partial charge in [-0.25, -0.2) is 0 Å². The van der Waals surface area contributed by atoms with Gasteiger partial charge >= 0.3 is 0 Å². The minimum absolute atomic E-state index is 0.256. The van der Waals surface area contributed by atoms with E-state index in [0.29, 0.717) is 12.4 Å². The Morgan fingerprint density at radius 1 is 1.05 bits per heavy atom. The van der Waals surface area contributed by atoms with E-state index in [4.69, 9.17) is 4.74 Å². The Kier molecular flexibility index (Phi) is 5.14. The normalized spacial score (nSPS) is 24.1. The summed E-state index contributed by atoms with van der Waals surface area (Å²) in [4.78, 5) is 0. The molecule has 0 radical (unpaired) electrons. The van der Waals surface area contributed by atoms with Gasteiger partial charge in [0.05, 0.1) is 6.10 Å². The zero-order valence-corrected chi connectivity index (χ0v) is 14.1. The molecule has 2 atom stereocenters. The van der Waals surface area contributed by atoms with Crippen LogP contribution in [0.25, 0.3) is 0 Å². The lowest BCUT2D eigenvalue weighted by Gasteiger charge is -2.45. The van der Waals surface area contributed by atoms with Crippen molar-refractivity contribution in [2.75, 3.05) is 12.4 Å². The average Bonchev–Trinajstić information content (AvgIpc) is 2.58. The molecule has 4 heteroatoms. The molecule has 22 heavy (non-hydrogen) atoms. The first-order chi connectivity index (χ1) is 10.8. The Hall–Kier alpha value is -0.940. The molecule has 0 saturated carbocycles. The van der Waals surface area contributed by atoms with Gasteiger partial charge in [-0.15, -0.1) is 0 Å². The smallest absolute Gasteiger partial charge is 0.108 e. The van der Waals surface area contributed by atoms with E-state index in [-0.39, 0.29) is 10.9 Å². The number of hydrogen-bond donors (Lipinski definition) is 1. The summed E-state index contributed by atoms with van der Waals surface area (Å²) in [5, 5.41) is 10.6. The van der Waals surface area contributed by atoms with Gasteiger partial charge in [-0.3, -0.25) is 0 Å². The number of benzene rings is 2. The van der Waals surface area contributed by atoms with Crippen molar-refractivity contribution in [3.8, 4) is 0 Å². The van der Waals surface area contributed by atoms with Crippen LogP contribution < -0.4 is 0 Å². The molecule has 116 valence electrons. The molecule has 0 spiro atoms. The van der Waals surface area contributed by atoms with Crippen LogP contribution in [0.5, 0.6) is 0 Å². The minimum Gasteiger partial charge on any atom is -0.389 e. The quantitative estimate of drug-likeness (QED) is 0.854. The summed E-state index contributed by atoms with van der Waals surface area (Å²) in [5.41, 5.74) is 2.35. The molecule has 3 rings (SSSR count). The van der Waals surface area contributed by atoms with Crippen molar-refractivity contribution >= 4 is 21.6 Å². The first-order valence-corrected chi connectivity index (χ1v) is 9.82. The molecular formula is C18H20O2S2. The second-order valence-electron chi connectivity index (χ2n) is 5.28. The highest BCUT2D eigenvalue weighted by molar-refractivity contribution is 8.77. The van der Waals surface area contributed by atoms with Crippen molar-refractivity contribution < 1.29 is 9.84 Å².